The van der Waals surface area contributed by atoms with E-state index < -0.39 is 0 Å². The van der Waals surface area contributed by atoms with Crippen LogP contribution in [0.3, 0.4) is 0 Å². The highest BCUT2D eigenvalue weighted by Crippen LogP contribution is 2.12. The fourth-order valence-electron chi connectivity index (χ4n) is 1.31. The van der Waals surface area contributed by atoms with Crippen molar-refractivity contribution in [1.29, 1.82) is 0 Å². The van der Waals surface area contributed by atoms with E-state index in [2.05, 4.69) is 48.3 Å². The van der Waals surface area contributed by atoms with Gasteiger partial charge in [0.25, 0.3) is 0 Å². The molecule has 0 bridgehead atoms. The van der Waals surface area contributed by atoms with Gasteiger partial charge in [-0.15, -0.1) is 0 Å². The molecule has 0 amide bonds. The van der Waals surface area contributed by atoms with Gasteiger partial charge in [-0.05, 0) is 34.6 Å². The molecular formula is C11H20N4. The number of hydrogen-bond donors (Lipinski definition) is 2. The minimum Gasteiger partial charge on any atom is -0.368 e. The van der Waals surface area contributed by atoms with Gasteiger partial charge >= 0.3 is 0 Å². The molecule has 4 heteroatoms. The Labute approximate surface area is 91.5 Å². The molecule has 0 aliphatic carbocycles. The third-order valence-corrected chi connectivity index (χ3v) is 1.71. The maximum atomic E-state index is 4.32. The van der Waals surface area contributed by atoms with Crippen LogP contribution in [0.1, 0.15) is 33.5 Å². The van der Waals surface area contributed by atoms with E-state index in [1.165, 1.54) is 0 Å². The molecule has 0 radical (unpaired) electrons. The van der Waals surface area contributed by atoms with Crippen LogP contribution in [0.5, 0.6) is 0 Å². The Kier molecular flexibility index (Phi) is 3.88. The summed E-state index contributed by atoms with van der Waals surface area (Å²) in [6.45, 7) is 10.3. The second-order valence-corrected chi connectivity index (χ2v) is 4.28. The van der Waals surface area contributed by atoms with Crippen LogP contribution in [-0.2, 0) is 0 Å². The van der Waals surface area contributed by atoms with Crippen molar-refractivity contribution in [2.75, 3.05) is 10.6 Å². The molecule has 1 heterocycles. The predicted molar refractivity (Wildman–Crippen MR) is 64.3 cm³/mol. The number of nitrogens with zero attached hydrogens (tertiary/aromatic N) is 2. The van der Waals surface area contributed by atoms with Crippen molar-refractivity contribution in [2.24, 2.45) is 0 Å². The SMILES string of the molecule is Cc1nc(NC(C)C)cc(NC(C)C)n1. The molecule has 0 spiro atoms. The molecule has 0 unspecified atom stereocenters. The Hall–Kier alpha value is -1.32. The topological polar surface area (TPSA) is 49.8 Å². The molecule has 0 aliphatic heterocycles. The average Bonchev–Trinajstić information content (AvgIpc) is 1.98. The number of aryl methyl sites for hydroxylation is 1. The Morgan fingerprint density at radius 2 is 1.33 bits per heavy atom. The molecule has 1 aromatic heterocycles. The fourth-order valence-corrected chi connectivity index (χ4v) is 1.31. The van der Waals surface area contributed by atoms with Crippen LogP contribution in [-0.4, -0.2) is 22.1 Å². The van der Waals surface area contributed by atoms with E-state index in [0.29, 0.717) is 12.1 Å². The molecule has 1 aromatic rings. The van der Waals surface area contributed by atoms with E-state index in [4.69, 9.17) is 0 Å². The van der Waals surface area contributed by atoms with E-state index in [1.807, 2.05) is 13.0 Å². The molecule has 2 N–H and O–H groups in total. The summed E-state index contributed by atoms with van der Waals surface area (Å²) in [6, 6.07) is 2.70. The fraction of sp³-hybridized carbons (Fsp3) is 0.636. The standard InChI is InChI=1S/C11H20N4/c1-7(2)12-10-6-11(13-8(3)4)15-9(5)14-10/h6-8H,1-5H3,(H2,12,13,14,15). The number of hydrogen-bond acceptors (Lipinski definition) is 4. The third kappa shape index (κ3) is 4.14. The van der Waals surface area contributed by atoms with Crippen molar-refractivity contribution in [3.8, 4) is 0 Å². The molecule has 0 saturated carbocycles. The molecule has 0 atom stereocenters. The van der Waals surface area contributed by atoms with Gasteiger partial charge in [0.05, 0.1) is 0 Å². The summed E-state index contributed by atoms with van der Waals surface area (Å²) in [7, 11) is 0. The average molecular weight is 208 g/mol. The summed E-state index contributed by atoms with van der Waals surface area (Å²) in [5.41, 5.74) is 0. The molecule has 0 fully saturated rings. The normalized spacial score (nSPS) is 10.9. The quantitative estimate of drug-likeness (QED) is 0.798. The molecule has 1 rings (SSSR count). The summed E-state index contributed by atoms with van der Waals surface area (Å²) >= 11 is 0. The zero-order valence-electron chi connectivity index (χ0n) is 10.1. The number of nitrogens with one attached hydrogen (secondary N) is 2. The number of anilines is 2. The lowest BCUT2D eigenvalue weighted by Crippen LogP contribution is -2.15. The van der Waals surface area contributed by atoms with Crippen LogP contribution in [0.2, 0.25) is 0 Å². The number of aromatic nitrogens is 2. The first-order chi connectivity index (χ1) is 6.97. The van der Waals surface area contributed by atoms with E-state index in [9.17, 15) is 0 Å². The smallest absolute Gasteiger partial charge is 0.131 e. The monoisotopic (exact) mass is 208 g/mol. The summed E-state index contributed by atoms with van der Waals surface area (Å²) in [4.78, 5) is 8.64. The highest BCUT2D eigenvalue weighted by molar-refractivity contribution is 5.48. The van der Waals surface area contributed by atoms with Gasteiger partial charge in [-0.2, -0.15) is 0 Å². The lowest BCUT2D eigenvalue weighted by Gasteiger charge is -2.13. The maximum Gasteiger partial charge on any atom is 0.131 e. The van der Waals surface area contributed by atoms with Crippen molar-refractivity contribution in [3.05, 3.63) is 11.9 Å². The van der Waals surface area contributed by atoms with E-state index in [1.54, 1.807) is 0 Å². The molecule has 4 nitrogen and oxygen atoms in total. The van der Waals surface area contributed by atoms with E-state index >= 15 is 0 Å². The van der Waals surface area contributed by atoms with Gasteiger partial charge in [0, 0.05) is 18.2 Å². The summed E-state index contributed by atoms with van der Waals surface area (Å²) in [5, 5.41) is 6.54. The van der Waals surface area contributed by atoms with Crippen molar-refractivity contribution in [1.82, 2.24) is 9.97 Å². The first-order valence-electron chi connectivity index (χ1n) is 5.36. The Morgan fingerprint density at radius 1 is 0.933 bits per heavy atom. The van der Waals surface area contributed by atoms with Gasteiger partial charge in [0.1, 0.15) is 17.5 Å². The van der Waals surface area contributed by atoms with Gasteiger partial charge in [-0.25, -0.2) is 9.97 Å². The highest BCUT2D eigenvalue weighted by atomic mass is 15.1. The molecular weight excluding hydrogens is 188 g/mol. The summed E-state index contributed by atoms with van der Waals surface area (Å²) in [5.74, 6) is 2.53. The Bertz CT molecular complexity index is 292. The molecule has 84 valence electrons. The summed E-state index contributed by atoms with van der Waals surface area (Å²) < 4.78 is 0. The minimum absolute atomic E-state index is 0.381. The van der Waals surface area contributed by atoms with Crippen LogP contribution in [0, 0.1) is 6.92 Å². The predicted octanol–water partition coefficient (Wildman–Crippen LogP) is 2.43. The van der Waals surface area contributed by atoms with Crippen molar-refractivity contribution >= 4 is 11.6 Å². The highest BCUT2D eigenvalue weighted by Gasteiger charge is 2.03. The molecule has 15 heavy (non-hydrogen) atoms. The van der Waals surface area contributed by atoms with E-state index in [-0.39, 0.29) is 0 Å². The second kappa shape index (κ2) is 4.96. The van der Waals surface area contributed by atoms with Gasteiger partial charge in [0.15, 0.2) is 0 Å². The first kappa shape index (κ1) is 11.8. The van der Waals surface area contributed by atoms with Crippen molar-refractivity contribution in [3.63, 3.8) is 0 Å². The zero-order chi connectivity index (χ0) is 11.4. The van der Waals surface area contributed by atoms with Crippen molar-refractivity contribution in [2.45, 2.75) is 46.7 Å². The van der Waals surface area contributed by atoms with Gasteiger partial charge < -0.3 is 10.6 Å². The lowest BCUT2D eigenvalue weighted by molar-refractivity contribution is 0.865. The van der Waals surface area contributed by atoms with Crippen LogP contribution in [0.25, 0.3) is 0 Å². The minimum atomic E-state index is 0.381. The van der Waals surface area contributed by atoms with Crippen LogP contribution >= 0.6 is 0 Å². The Balaban J connectivity index is 2.84. The second-order valence-electron chi connectivity index (χ2n) is 4.28. The first-order valence-corrected chi connectivity index (χ1v) is 5.36. The largest absolute Gasteiger partial charge is 0.368 e. The number of rotatable bonds is 4. The van der Waals surface area contributed by atoms with Crippen LogP contribution < -0.4 is 10.6 Å². The van der Waals surface area contributed by atoms with Gasteiger partial charge in [-0.1, -0.05) is 0 Å². The third-order valence-electron chi connectivity index (χ3n) is 1.71. The molecule has 0 aromatic carbocycles. The molecule has 0 saturated heterocycles. The lowest BCUT2D eigenvalue weighted by atomic mass is 10.3. The van der Waals surface area contributed by atoms with Gasteiger partial charge in [-0.3, -0.25) is 0 Å². The molecule has 0 aliphatic rings. The maximum absolute atomic E-state index is 4.32. The van der Waals surface area contributed by atoms with Gasteiger partial charge in [0.2, 0.25) is 0 Å². The Morgan fingerprint density at radius 3 is 1.67 bits per heavy atom. The summed E-state index contributed by atoms with van der Waals surface area (Å²) in [6.07, 6.45) is 0. The zero-order valence-corrected chi connectivity index (χ0v) is 10.1. The van der Waals surface area contributed by atoms with Crippen molar-refractivity contribution < 1.29 is 0 Å². The van der Waals surface area contributed by atoms with Crippen LogP contribution in [0.15, 0.2) is 6.07 Å². The van der Waals surface area contributed by atoms with Crippen LogP contribution in [0.4, 0.5) is 11.6 Å². The van der Waals surface area contributed by atoms with E-state index in [0.717, 1.165) is 17.5 Å².